The quantitative estimate of drug-likeness (QED) is 0.783. The summed E-state index contributed by atoms with van der Waals surface area (Å²) in [5.74, 6) is 1.13. The van der Waals surface area contributed by atoms with Gasteiger partial charge in [0.2, 0.25) is 0 Å². The molecule has 6 heteroatoms. The van der Waals surface area contributed by atoms with E-state index in [4.69, 9.17) is 15.4 Å². The van der Waals surface area contributed by atoms with E-state index in [1.807, 2.05) is 4.68 Å². The molecule has 3 aromatic rings. The SMILES string of the molecule is Cc1ccc(-n2nc(-c3nc(C4(N)CCCC4)no3)c3c2CCC3)cc1. The first-order valence-corrected chi connectivity index (χ1v) is 9.45. The summed E-state index contributed by atoms with van der Waals surface area (Å²) in [7, 11) is 0. The van der Waals surface area contributed by atoms with E-state index in [2.05, 4.69) is 41.3 Å². The molecule has 0 radical (unpaired) electrons. The van der Waals surface area contributed by atoms with Crippen LogP contribution >= 0.6 is 0 Å². The van der Waals surface area contributed by atoms with Crippen molar-refractivity contribution in [1.82, 2.24) is 19.9 Å². The lowest BCUT2D eigenvalue weighted by Crippen LogP contribution is -2.34. The Balaban J connectivity index is 1.57. The van der Waals surface area contributed by atoms with Crippen LogP contribution in [0.15, 0.2) is 28.8 Å². The van der Waals surface area contributed by atoms with Crippen molar-refractivity contribution in [3.63, 3.8) is 0 Å². The van der Waals surface area contributed by atoms with Gasteiger partial charge >= 0.3 is 0 Å². The van der Waals surface area contributed by atoms with Crippen LogP contribution in [-0.4, -0.2) is 19.9 Å². The van der Waals surface area contributed by atoms with E-state index in [9.17, 15) is 0 Å². The van der Waals surface area contributed by atoms with Gasteiger partial charge in [-0.05, 0) is 51.2 Å². The van der Waals surface area contributed by atoms with Gasteiger partial charge in [0.25, 0.3) is 5.89 Å². The van der Waals surface area contributed by atoms with Gasteiger partial charge in [0, 0.05) is 11.3 Å². The van der Waals surface area contributed by atoms with Gasteiger partial charge in [0.05, 0.1) is 11.2 Å². The maximum absolute atomic E-state index is 6.48. The third-order valence-electron chi connectivity index (χ3n) is 5.78. The van der Waals surface area contributed by atoms with Crippen LogP contribution in [0.2, 0.25) is 0 Å². The molecule has 0 bridgehead atoms. The highest BCUT2D eigenvalue weighted by atomic mass is 16.5. The number of aryl methyl sites for hydroxylation is 1. The van der Waals surface area contributed by atoms with Crippen LogP contribution in [0.4, 0.5) is 0 Å². The Hall–Kier alpha value is -2.47. The molecule has 2 heterocycles. The Labute approximate surface area is 152 Å². The minimum Gasteiger partial charge on any atom is -0.332 e. The topological polar surface area (TPSA) is 82.8 Å². The molecule has 1 fully saturated rings. The van der Waals surface area contributed by atoms with Gasteiger partial charge in [0.1, 0.15) is 0 Å². The standard InChI is InChI=1S/C20H23N5O/c1-13-7-9-14(10-8-13)25-16-6-4-5-15(16)17(23-25)18-22-19(24-26-18)20(21)11-2-3-12-20/h7-10H,2-6,11-12,21H2,1H3. The van der Waals surface area contributed by atoms with Gasteiger partial charge in [0.15, 0.2) is 11.5 Å². The van der Waals surface area contributed by atoms with Gasteiger partial charge in [-0.2, -0.15) is 10.1 Å². The second-order valence-electron chi connectivity index (χ2n) is 7.66. The summed E-state index contributed by atoms with van der Waals surface area (Å²) < 4.78 is 7.64. The van der Waals surface area contributed by atoms with Crippen molar-refractivity contribution in [3.8, 4) is 17.3 Å². The van der Waals surface area contributed by atoms with Crippen LogP contribution in [0, 0.1) is 6.92 Å². The predicted molar refractivity (Wildman–Crippen MR) is 98.0 cm³/mol. The summed E-state index contributed by atoms with van der Waals surface area (Å²) in [5.41, 5.74) is 11.7. The molecule has 5 rings (SSSR count). The van der Waals surface area contributed by atoms with Crippen LogP contribution < -0.4 is 5.73 Å². The number of nitrogens with two attached hydrogens (primary N) is 1. The summed E-state index contributed by atoms with van der Waals surface area (Å²) in [6.45, 7) is 2.09. The normalized spacial score (nSPS) is 18.4. The molecule has 2 aromatic heterocycles. The predicted octanol–water partition coefficient (Wildman–Crippen LogP) is 3.45. The van der Waals surface area contributed by atoms with Crippen molar-refractivity contribution in [1.29, 1.82) is 0 Å². The summed E-state index contributed by atoms with van der Waals surface area (Å²) in [4.78, 5) is 4.65. The van der Waals surface area contributed by atoms with Crippen LogP contribution in [0.1, 0.15) is 54.7 Å². The molecule has 0 amide bonds. The minimum atomic E-state index is -0.440. The van der Waals surface area contributed by atoms with Gasteiger partial charge in [-0.3, -0.25) is 0 Å². The highest BCUT2D eigenvalue weighted by Crippen LogP contribution is 2.37. The first kappa shape index (κ1) is 15.8. The fourth-order valence-electron chi connectivity index (χ4n) is 4.26. The molecule has 0 aliphatic heterocycles. The Morgan fingerprint density at radius 2 is 1.85 bits per heavy atom. The van der Waals surface area contributed by atoms with Crippen molar-refractivity contribution < 1.29 is 4.52 Å². The van der Waals surface area contributed by atoms with Crippen molar-refractivity contribution >= 4 is 0 Å². The van der Waals surface area contributed by atoms with Crippen molar-refractivity contribution in [2.45, 2.75) is 57.4 Å². The lowest BCUT2D eigenvalue weighted by molar-refractivity contribution is 0.372. The fourth-order valence-corrected chi connectivity index (χ4v) is 4.26. The monoisotopic (exact) mass is 349 g/mol. The van der Waals surface area contributed by atoms with E-state index in [1.54, 1.807) is 0 Å². The number of hydrogen-bond donors (Lipinski definition) is 1. The zero-order chi connectivity index (χ0) is 17.7. The largest absolute Gasteiger partial charge is 0.332 e. The second-order valence-corrected chi connectivity index (χ2v) is 7.66. The molecular weight excluding hydrogens is 326 g/mol. The van der Waals surface area contributed by atoms with Crippen LogP contribution in [-0.2, 0) is 18.4 Å². The molecule has 1 aromatic carbocycles. The Kier molecular flexibility index (Phi) is 3.50. The zero-order valence-corrected chi connectivity index (χ0v) is 15.0. The van der Waals surface area contributed by atoms with Crippen LogP contribution in [0.5, 0.6) is 0 Å². The smallest absolute Gasteiger partial charge is 0.278 e. The maximum atomic E-state index is 6.48. The molecule has 0 atom stereocenters. The fraction of sp³-hybridized carbons (Fsp3) is 0.450. The average Bonchev–Trinajstić information content (AvgIpc) is 3.40. The molecule has 0 unspecified atom stereocenters. The molecular formula is C20H23N5O. The number of benzene rings is 1. The van der Waals surface area contributed by atoms with E-state index >= 15 is 0 Å². The highest BCUT2D eigenvalue weighted by molar-refractivity contribution is 5.58. The number of hydrogen-bond acceptors (Lipinski definition) is 5. The second kappa shape index (κ2) is 5.77. The average molecular weight is 349 g/mol. The lowest BCUT2D eigenvalue weighted by Gasteiger charge is -2.17. The molecule has 2 aliphatic carbocycles. The van der Waals surface area contributed by atoms with Gasteiger partial charge in [-0.15, -0.1) is 0 Å². The maximum Gasteiger partial charge on any atom is 0.278 e. The number of fused-ring (bicyclic) bond motifs is 1. The first-order valence-electron chi connectivity index (χ1n) is 9.45. The van der Waals surface area contributed by atoms with Gasteiger partial charge in [-0.25, -0.2) is 4.68 Å². The van der Waals surface area contributed by atoms with Crippen molar-refractivity contribution in [2.24, 2.45) is 5.73 Å². The third kappa shape index (κ3) is 2.40. The Bertz CT molecular complexity index is 947. The Morgan fingerprint density at radius 3 is 2.62 bits per heavy atom. The van der Waals surface area contributed by atoms with Crippen molar-refractivity contribution in [3.05, 3.63) is 46.9 Å². The summed E-state index contributed by atoms with van der Waals surface area (Å²) in [6, 6.07) is 8.44. The van der Waals surface area contributed by atoms with E-state index < -0.39 is 5.54 Å². The summed E-state index contributed by atoms with van der Waals surface area (Å²) in [5, 5.41) is 9.05. The molecule has 2 N–H and O–H groups in total. The van der Waals surface area contributed by atoms with E-state index in [0.717, 1.165) is 56.3 Å². The molecule has 6 nitrogen and oxygen atoms in total. The van der Waals surface area contributed by atoms with Crippen molar-refractivity contribution in [2.75, 3.05) is 0 Å². The molecule has 0 spiro atoms. The Morgan fingerprint density at radius 1 is 1.08 bits per heavy atom. The van der Waals surface area contributed by atoms with Crippen LogP contribution in [0.25, 0.3) is 17.3 Å². The number of nitrogens with zero attached hydrogens (tertiary/aromatic N) is 4. The molecule has 1 saturated carbocycles. The van der Waals surface area contributed by atoms with E-state index in [0.29, 0.717) is 11.7 Å². The molecule has 26 heavy (non-hydrogen) atoms. The van der Waals surface area contributed by atoms with Gasteiger partial charge < -0.3 is 10.3 Å². The summed E-state index contributed by atoms with van der Waals surface area (Å²) in [6.07, 6.45) is 7.24. The molecule has 134 valence electrons. The van der Waals surface area contributed by atoms with E-state index in [-0.39, 0.29) is 0 Å². The lowest BCUT2D eigenvalue weighted by atomic mass is 9.99. The minimum absolute atomic E-state index is 0.440. The van der Waals surface area contributed by atoms with Crippen LogP contribution in [0.3, 0.4) is 0 Å². The zero-order valence-electron chi connectivity index (χ0n) is 15.0. The number of rotatable bonds is 3. The molecule has 2 aliphatic rings. The highest BCUT2D eigenvalue weighted by Gasteiger charge is 2.37. The van der Waals surface area contributed by atoms with E-state index in [1.165, 1.54) is 16.8 Å². The summed E-state index contributed by atoms with van der Waals surface area (Å²) >= 11 is 0. The molecule has 0 saturated heterocycles. The van der Waals surface area contributed by atoms with Gasteiger partial charge in [-0.1, -0.05) is 35.7 Å². The number of aromatic nitrogens is 4. The first-order chi connectivity index (χ1) is 12.6. The third-order valence-corrected chi connectivity index (χ3v) is 5.78.